The topological polar surface area (TPSA) is 75.6 Å². The van der Waals surface area contributed by atoms with Gasteiger partial charge in [-0.15, -0.1) is 0 Å². The zero-order valence-corrected chi connectivity index (χ0v) is 13.8. The molecular weight excluding hydrogens is 282 g/mol. The monoisotopic (exact) mass is 307 g/mol. The molecule has 1 amide bonds. The maximum atomic E-state index is 11.9. The van der Waals surface area contributed by atoms with Crippen LogP contribution >= 0.6 is 0 Å². The van der Waals surface area contributed by atoms with E-state index in [4.69, 9.17) is 9.84 Å². The number of carboxylic acids is 1. The Balaban J connectivity index is 2.66. The van der Waals surface area contributed by atoms with E-state index in [0.29, 0.717) is 12.2 Å². The van der Waals surface area contributed by atoms with Crippen molar-refractivity contribution in [3.8, 4) is 5.75 Å². The van der Waals surface area contributed by atoms with Crippen LogP contribution in [0.15, 0.2) is 24.3 Å². The quantitative estimate of drug-likeness (QED) is 0.847. The predicted molar refractivity (Wildman–Crippen MR) is 85.1 cm³/mol. The van der Waals surface area contributed by atoms with Crippen molar-refractivity contribution in [2.24, 2.45) is 0 Å². The van der Waals surface area contributed by atoms with Crippen molar-refractivity contribution in [2.45, 2.75) is 58.6 Å². The molecule has 2 atom stereocenters. The summed E-state index contributed by atoms with van der Waals surface area (Å²) < 4.78 is 5.56. The molecule has 122 valence electrons. The van der Waals surface area contributed by atoms with Crippen LogP contribution in [0.3, 0.4) is 0 Å². The molecule has 0 radical (unpaired) electrons. The average Bonchev–Trinajstić information content (AvgIpc) is 2.43. The Morgan fingerprint density at radius 1 is 1.23 bits per heavy atom. The summed E-state index contributed by atoms with van der Waals surface area (Å²) in [5, 5.41) is 11.4. The molecule has 1 rings (SSSR count). The summed E-state index contributed by atoms with van der Waals surface area (Å²) in [7, 11) is 0. The Morgan fingerprint density at radius 3 is 2.18 bits per heavy atom. The highest BCUT2D eigenvalue weighted by molar-refractivity contribution is 5.86. The number of carbonyl (C=O) groups is 2. The number of hydrogen-bond acceptors (Lipinski definition) is 3. The fourth-order valence-corrected chi connectivity index (χ4v) is 1.92. The van der Waals surface area contributed by atoms with Gasteiger partial charge < -0.3 is 15.2 Å². The molecule has 5 heteroatoms. The summed E-state index contributed by atoms with van der Waals surface area (Å²) in [4.78, 5) is 22.9. The Labute approximate surface area is 131 Å². The van der Waals surface area contributed by atoms with E-state index in [2.05, 4.69) is 26.1 Å². The molecule has 0 aliphatic carbocycles. The van der Waals surface area contributed by atoms with E-state index in [-0.39, 0.29) is 5.41 Å². The summed E-state index contributed by atoms with van der Waals surface area (Å²) in [5.74, 6) is -0.897. The van der Waals surface area contributed by atoms with Crippen molar-refractivity contribution >= 4 is 11.9 Å². The minimum Gasteiger partial charge on any atom is -0.481 e. The van der Waals surface area contributed by atoms with Crippen molar-refractivity contribution < 1.29 is 19.4 Å². The molecule has 1 aromatic rings. The number of carboxylic acid groups (broad SMARTS) is 1. The highest BCUT2D eigenvalue weighted by atomic mass is 16.5. The normalized spacial score (nSPS) is 14.0. The van der Waals surface area contributed by atoms with Gasteiger partial charge in [0.2, 0.25) is 0 Å². The van der Waals surface area contributed by atoms with Gasteiger partial charge in [-0.3, -0.25) is 4.79 Å². The molecule has 0 saturated carbocycles. The lowest BCUT2D eigenvalue weighted by molar-refractivity contribution is -0.143. The van der Waals surface area contributed by atoms with Gasteiger partial charge in [-0.05, 0) is 36.5 Å². The van der Waals surface area contributed by atoms with E-state index < -0.39 is 24.0 Å². The summed E-state index contributed by atoms with van der Waals surface area (Å²) >= 11 is 0. The lowest BCUT2D eigenvalue weighted by Gasteiger charge is -2.20. The highest BCUT2D eigenvalue weighted by Crippen LogP contribution is 2.24. The first-order valence-corrected chi connectivity index (χ1v) is 7.45. The average molecular weight is 307 g/mol. The van der Waals surface area contributed by atoms with Crippen LogP contribution < -0.4 is 10.1 Å². The summed E-state index contributed by atoms with van der Waals surface area (Å²) in [5.41, 5.74) is 1.23. The smallest absolute Gasteiger partial charge is 0.326 e. The van der Waals surface area contributed by atoms with Gasteiger partial charge in [-0.1, -0.05) is 39.8 Å². The predicted octanol–water partition coefficient (Wildman–Crippen LogP) is 2.73. The summed E-state index contributed by atoms with van der Waals surface area (Å²) in [6.45, 7) is 9.67. The van der Waals surface area contributed by atoms with Crippen molar-refractivity contribution in [1.29, 1.82) is 0 Å². The molecule has 0 heterocycles. The summed E-state index contributed by atoms with van der Waals surface area (Å²) in [6.07, 6.45) is -0.428. The van der Waals surface area contributed by atoms with Gasteiger partial charge in [0.1, 0.15) is 11.8 Å². The van der Waals surface area contributed by atoms with Crippen LogP contribution in [0.5, 0.6) is 5.75 Å². The zero-order chi connectivity index (χ0) is 16.9. The van der Waals surface area contributed by atoms with Crippen molar-refractivity contribution in [2.75, 3.05) is 0 Å². The standard InChI is InChI=1S/C17H25NO4/c1-6-14(16(20)21)18-15(19)11(2)22-13-9-7-12(8-10-13)17(3,4)5/h7-11,14H,6H2,1-5H3,(H,18,19)(H,20,21). The van der Waals surface area contributed by atoms with E-state index in [1.807, 2.05) is 24.3 Å². The molecular formula is C17H25NO4. The van der Waals surface area contributed by atoms with Crippen LogP contribution in [0.25, 0.3) is 0 Å². The van der Waals surface area contributed by atoms with Gasteiger partial charge in [-0.2, -0.15) is 0 Å². The minimum atomic E-state index is -1.04. The molecule has 5 nitrogen and oxygen atoms in total. The van der Waals surface area contributed by atoms with Gasteiger partial charge >= 0.3 is 5.97 Å². The van der Waals surface area contributed by atoms with E-state index >= 15 is 0 Å². The van der Waals surface area contributed by atoms with Crippen LogP contribution in [0, 0.1) is 0 Å². The Kier molecular flexibility index (Phi) is 5.97. The van der Waals surface area contributed by atoms with Gasteiger partial charge in [0.25, 0.3) is 5.91 Å². The Bertz CT molecular complexity index is 516. The first-order valence-electron chi connectivity index (χ1n) is 7.45. The molecule has 0 spiro atoms. The molecule has 0 fully saturated rings. The molecule has 2 N–H and O–H groups in total. The van der Waals surface area contributed by atoms with Gasteiger partial charge in [0.15, 0.2) is 6.10 Å². The van der Waals surface area contributed by atoms with E-state index in [9.17, 15) is 9.59 Å². The van der Waals surface area contributed by atoms with E-state index in [0.717, 1.165) is 0 Å². The van der Waals surface area contributed by atoms with Gasteiger partial charge in [0.05, 0.1) is 0 Å². The molecule has 0 aromatic heterocycles. The number of benzene rings is 1. The Hall–Kier alpha value is -2.04. The second-order valence-electron chi connectivity index (χ2n) is 6.34. The number of carbonyl (C=O) groups excluding carboxylic acids is 1. The molecule has 2 unspecified atom stereocenters. The van der Waals surface area contributed by atoms with Gasteiger partial charge in [0, 0.05) is 0 Å². The number of hydrogen-bond donors (Lipinski definition) is 2. The van der Waals surface area contributed by atoms with Crippen LogP contribution in [0.4, 0.5) is 0 Å². The van der Waals surface area contributed by atoms with Crippen molar-refractivity contribution in [1.82, 2.24) is 5.32 Å². The summed E-state index contributed by atoms with van der Waals surface area (Å²) in [6, 6.07) is 6.68. The second kappa shape index (κ2) is 7.29. The molecule has 22 heavy (non-hydrogen) atoms. The van der Waals surface area contributed by atoms with Crippen LogP contribution in [0.2, 0.25) is 0 Å². The molecule has 1 aromatic carbocycles. The fourth-order valence-electron chi connectivity index (χ4n) is 1.92. The first-order chi connectivity index (χ1) is 10.1. The number of ether oxygens (including phenoxy) is 1. The largest absolute Gasteiger partial charge is 0.481 e. The van der Waals surface area contributed by atoms with Crippen LogP contribution in [-0.4, -0.2) is 29.1 Å². The number of aliphatic carboxylic acids is 1. The fraction of sp³-hybridized carbons (Fsp3) is 0.529. The molecule has 0 saturated heterocycles. The third-order valence-corrected chi connectivity index (χ3v) is 3.43. The number of rotatable bonds is 6. The SMILES string of the molecule is CCC(NC(=O)C(C)Oc1ccc(C(C)(C)C)cc1)C(=O)O. The zero-order valence-electron chi connectivity index (χ0n) is 13.8. The second-order valence-corrected chi connectivity index (χ2v) is 6.34. The van der Waals surface area contributed by atoms with Crippen LogP contribution in [0.1, 0.15) is 46.6 Å². The molecule has 0 aliphatic heterocycles. The lowest BCUT2D eigenvalue weighted by Crippen LogP contribution is -2.45. The maximum absolute atomic E-state index is 11.9. The highest BCUT2D eigenvalue weighted by Gasteiger charge is 2.22. The third-order valence-electron chi connectivity index (χ3n) is 3.43. The minimum absolute atomic E-state index is 0.0529. The number of nitrogens with one attached hydrogen (secondary N) is 1. The van der Waals surface area contributed by atoms with Crippen molar-refractivity contribution in [3.63, 3.8) is 0 Å². The molecule has 0 bridgehead atoms. The Morgan fingerprint density at radius 2 is 1.77 bits per heavy atom. The van der Waals surface area contributed by atoms with Crippen LogP contribution in [-0.2, 0) is 15.0 Å². The first kappa shape index (κ1) is 18.0. The lowest BCUT2D eigenvalue weighted by atomic mass is 9.87. The third kappa shape index (κ3) is 5.06. The van der Waals surface area contributed by atoms with Gasteiger partial charge in [-0.25, -0.2) is 4.79 Å². The van der Waals surface area contributed by atoms with Crippen molar-refractivity contribution in [3.05, 3.63) is 29.8 Å². The van der Waals surface area contributed by atoms with E-state index in [1.165, 1.54) is 5.56 Å². The van der Waals surface area contributed by atoms with E-state index in [1.54, 1.807) is 13.8 Å². The molecule has 0 aliphatic rings. The maximum Gasteiger partial charge on any atom is 0.326 e. The number of amides is 1.